The van der Waals surface area contributed by atoms with Gasteiger partial charge in [0.2, 0.25) is 10.0 Å². The summed E-state index contributed by atoms with van der Waals surface area (Å²) in [5.74, 6) is -0.919. The van der Waals surface area contributed by atoms with Crippen molar-refractivity contribution in [3.63, 3.8) is 0 Å². The van der Waals surface area contributed by atoms with Crippen LogP contribution in [0.25, 0.3) is 0 Å². The Morgan fingerprint density at radius 3 is 2.13 bits per heavy atom. The molecule has 0 amide bonds. The zero-order valence-electron chi connectivity index (χ0n) is 15.8. The molecular weight excluding hydrogens is 443 g/mol. The highest BCUT2D eigenvalue weighted by molar-refractivity contribution is 7.89. The van der Waals surface area contributed by atoms with Gasteiger partial charge in [-0.15, -0.1) is 0 Å². The van der Waals surface area contributed by atoms with Crippen molar-refractivity contribution in [2.45, 2.75) is 49.2 Å². The third-order valence-electron chi connectivity index (χ3n) is 4.45. The SMILES string of the molecule is O=C(O)CCCCCC(NS(=O)(=O)c1ccc(Cl)cc1)c1ccc(C(F)(F)F)cc1. The fraction of sp³-hybridized carbons (Fsp3) is 0.350. The zero-order valence-corrected chi connectivity index (χ0v) is 17.4. The van der Waals surface area contributed by atoms with E-state index in [-0.39, 0.29) is 11.3 Å². The zero-order chi connectivity index (χ0) is 22.4. The number of alkyl halides is 3. The average molecular weight is 464 g/mol. The highest BCUT2D eigenvalue weighted by Gasteiger charge is 2.30. The first kappa shape index (κ1) is 24.2. The van der Waals surface area contributed by atoms with Crippen molar-refractivity contribution < 1.29 is 31.5 Å². The number of hydrogen-bond donors (Lipinski definition) is 2. The maximum atomic E-state index is 12.8. The maximum absolute atomic E-state index is 12.8. The van der Waals surface area contributed by atoms with Gasteiger partial charge in [-0.25, -0.2) is 13.1 Å². The van der Waals surface area contributed by atoms with E-state index in [1.165, 1.54) is 36.4 Å². The Balaban J connectivity index is 2.20. The van der Waals surface area contributed by atoms with Crippen molar-refractivity contribution in [2.75, 3.05) is 0 Å². The van der Waals surface area contributed by atoms with Crippen molar-refractivity contribution in [3.05, 3.63) is 64.7 Å². The molecule has 0 spiro atoms. The van der Waals surface area contributed by atoms with Gasteiger partial charge < -0.3 is 5.11 Å². The largest absolute Gasteiger partial charge is 0.481 e. The smallest absolute Gasteiger partial charge is 0.416 e. The molecule has 2 aromatic rings. The third-order valence-corrected chi connectivity index (χ3v) is 6.18. The van der Waals surface area contributed by atoms with Crippen LogP contribution in [-0.4, -0.2) is 19.5 Å². The summed E-state index contributed by atoms with van der Waals surface area (Å²) in [4.78, 5) is 10.6. The van der Waals surface area contributed by atoms with Gasteiger partial charge in [-0.05, 0) is 54.8 Å². The molecule has 0 radical (unpaired) electrons. The summed E-state index contributed by atoms with van der Waals surface area (Å²) in [6.07, 6.45) is -2.71. The first-order chi connectivity index (χ1) is 14.0. The molecule has 10 heteroatoms. The van der Waals surface area contributed by atoms with E-state index in [4.69, 9.17) is 16.7 Å². The second-order valence-corrected chi connectivity index (χ2v) is 8.89. The van der Waals surface area contributed by atoms with Crippen LogP contribution in [0.5, 0.6) is 0 Å². The summed E-state index contributed by atoms with van der Waals surface area (Å²) in [7, 11) is -3.94. The Hall–Kier alpha value is -2.10. The molecule has 0 aliphatic carbocycles. The van der Waals surface area contributed by atoms with Crippen LogP contribution in [0.2, 0.25) is 5.02 Å². The minimum absolute atomic E-state index is 0.00144. The fourth-order valence-corrected chi connectivity index (χ4v) is 4.25. The number of carbonyl (C=O) groups is 1. The Labute approximate surface area is 177 Å². The van der Waals surface area contributed by atoms with Crippen LogP contribution in [0.15, 0.2) is 53.4 Å². The first-order valence-corrected chi connectivity index (χ1v) is 11.0. The Bertz CT molecular complexity index is 946. The van der Waals surface area contributed by atoms with E-state index >= 15 is 0 Å². The maximum Gasteiger partial charge on any atom is 0.416 e. The molecule has 1 atom stereocenters. The number of rotatable bonds is 10. The number of aliphatic carboxylic acids is 1. The van der Waals surface area contributed by atoms with Gasteiger partial charge in [0.25, 0.3) is 0 Å². The summed E-state index contributed by atoms with van der Waals surface area (Å²) in [6.45, 7) is 0. The molecule has 164 valence electrons. The second kappa shape index (κ2) is 10.3. The molecular formula is C20H21ClF3NO4S. The quantitative estimate of drug-likeness (QED) is 0.461. The molecule has 0 aliphatic rings. The molecule has 1 unspecified atom stereocenters. The summed E-state index contributed by atoms with van der Waals surface area (Å²) in [6, 6.07) is 9.06. The molecule has 2 aromatic carbocycles. The third kappa shape index (κ3) is 7.30. The first-order valence-electron chi connectivity index (χ1n) is 9.16. The number of carboxylic acid groups (broad SMARTS) is 1. The van der Waals surface area contributed by atoms with Gasteiger partial charge >= 0.3 is 12.1 Å². The lowest BCUT2D eigenvalue weighted by Gasteiger charge is -2.20. The number of sulfonamides is 1. The monoisotopic (exact) mass is 463 g/mol. The Kier molecular flexibility index (Phi) is 8.28. The molecule has 0 heterocycles. The molecule has 0 saturated carbocycles. The number of carboxylic acids is 1. The highest BCUT2D eigenvalue weighted by atomic mass is 35.5. The summed E-state index contributed by atoms with van der Waals surface area (Å²) < 4.78 is 66.5. The van der Waals surface area contributed by atoms with Crippen molar-refractivity contribution in [3.8, 4) is 0 Å². The Morgan fingerprint density at radius 1 is 1.00 bits per heavy atom. The number of nitrogens with one attached hydrogen (secondary N) is 1. The van der Waals surface area contributed by atoms with Crippen LogP contribution in [0, 0.1) is 0 Å². The van der Waals surface area contributed by atoms with Crippen LogP contribution in [0.4, 0.5) is 13.2 Å². The standard InChI is InChI=1S/C20H21ClF3NO4S/c21-16-10-12-17(13-11-16)30(28,29)25-18(4-2-1-3-5-19(26)27)14-6-8-15(9-7-14)20(22,23)24/h6-13,18,25H,1-5H2,(H,26,27). The Morgan fingerprint density at radius 2 is 1.60 bits per heavy atom. The molecule has 30 heavy (non-hydrogen) atoms. The van der Waals surface area contributed by atoms with E-state index in [0.29, 0.717) is 36.3 Å². The van der Waals surface area contributed by atoms with Gasteiger partial charge in [-0.2, -0.15) is 13.2 Å². The average Bonchev–Trinajstić information content (AvgIpc) is 2.66. The van der Waals surface area contributed by atoms with E-state index in [1.807, 2.05) is 0 Å². The molecule has 0 aliphatic heterocycles. The normalized spacial score (nSPS) is 13.2. The molecule has 0 saturated heterocycles. The van der Waals surface area contributed by atoms with Crippen molar-refractivity contribution in [2.24, 2.45) is 0 Å². The molecule has 0 bridgehead atoms. The summed E-state index contributed by atoms with van der Waals surface area (Å²) in [5.41, 5.74) is -0.439. The number of hydrogen-bond acceptors (Lipinski definition) is 3. The van der Waals surface area contributed by atoms with Crippen molar-refractivity contribution >= 4 is 27.6 Å². The van der Waals surface area contributed by atoms with Crippen molar-refractivity contribution in [1.29, 1.82) is 0 Å². The van der Waals surface area contributed by atoms with Crippen LogP contribution in [-0.2, 0) is 21.0 Å². The lowest BCUT2D eigenvalue weighted by molar-refractivity contribution is -0.138. The van der Waals surface area contributed by atoms with Gasteiger partial charge in [0.1, 0.15) is 0 Å². The number of benzene rings is 2. The van der Waals surface area contributed by atoms with Crippen LogP contribution < -0.4 is 4.72 Å². The number of halogens is 4. The van der Waals surface area contributed by atoms with E-state index in [1.54, 1.807) is 0 Å². The minimum Gasteiger partial charge on any atom is -0.481 e. The molecule has 2 N–H and O–H groups in total. The topological polar surface area (TPSA) is 83.5 Å². The van der Waals surface area contributed by atoms with Gasteiger partial charge in [0, 0.05) is 17.5 Å². The van der Waals surface area contributed by atoms with E-state index in [9.17, 15) is 26.4 Å². The summed E-state index contributed by atoms with van der Waals surface area (Å²) in [5, 5.41) is 9.06. The van der Waals surface area contributed by atoms with E-state index < -0.39 is 33.8 Å². The van der Waals surface area contributed by atoms with Gasteiger partial charge in [0.05, 0.1) is 10.5 Å². The van der Waals surface area contributed by atoms with Crippen molar-refractivity contribution in [1.82, 2.24) is 4.72 Å². The van der Waals surface area contributed by atoms with Crippen LogP contribution >= 0.6 is 11.6 Å². The predicted octanol–water partition coefficient (Wildman–Crippen LogP) is 5.41. The fourth-order valence-electron chi connectivity index (χ4n) is 2.87. The highest BCUT2D eigenvalue weighted by Crippen LogP contribution is 2.31. The van der Waals surface area contributed by atoms with Gasteiger partial charge in [-0.1, -0.05) is 36.6 Å². The van der Waals surface area contributed by atoms with E-state index in [0.717, 1.165) is 12.1 Å². The summed E-state index contributed by atoms with van der Waals surface area (Å²) >= 11 is 5.79. The number of unbranched alkanes of at least 4 members (excludes halogenated alkanes) is 2. The van der Waals surface area contributed by atoms with Crippen LogP contribution in [0.3, 0.4) is 0 Å². The lowest BCUT2D eigenvalue weighted by atomic mass is 9.99. The molecule has 0 fully saturated rings. The molecule has 2 rings (SSSR count). The molecule has 0 aromatic heterocycles. The molecule has 5 nitrogen and oxygen atoms in total. The van der Waals surface area contributed by atoms with Gasteiger partial charge in [-0.3, -0.25) is 4.79 Å². The minimum atomic E-state index is -4.49. The van der Waals surface area contributed by atoms with E-state index in [2.05, 4.69) is 4.72 Å². The van der Waals surface area contributed by atoms with Crippen LogP contribution in [0.1, 0.15) is 49.3 Å². The second-order valence-electron chi connectivity index (χ2n) is 6.74. The van der Waals surface area contributed by atoms with Gasteiger partial charge in [0.15, 0.2) is 0 Å². The lowest BCUT2D eigenvalue weighted by Crippen LogP contribution is -2.29. The predicted molar refractivity (Wildman–Crippen MR) is 107 cm³/mol.